The van der Waals surface area contributed by atoms with Crippen molar-refractivity contribution in [3.05, 3.63) is 87.4 Å². The van der Waals surface area contributed by atoms with Crippen LogP contribution in [-0.4, -0.2) is 69.1 Å². The van der Waals surface area contributed by atoms with Gasteiger partial charge in [0.1, 0.15) is 32.9 Å². The summed E-state index contributed by atoms with van der Waals surface area (Å²) in [5.74, 6) is 2.17. The van der Waals surface area contributed by atoms with Gasteiger partial charge in [0.25, 0.3) is 5.01 Å². The first-order chi connectivity index (χ1) is 30.9. The Labute approximate surface area is 397 Å². The van der Waals surface area contributed by atoms with Crippen LogP contribution < -0.4 is 18.9 Å². The van der Waals surface area contributed by atoms with Crippen molar-refractivity contribution in [2.24, 2.45) is 5.92 Å². The predicted octanol–water partition coefficient (Wildman–Crippen LogP) is 12.3. The van der Waals surface area contributed by atoms with Crippen LogP contribution in [0.3, 0.4) is 0 Å². The first-order valence-electron chi connectivity index (χ1n) is 22.7. The number of rotatable bonds is 12. The van der Waals surface area contributed by atoms with Crippen LogP contribution in [0, 0.1) is 12.8 Å². The van der Waals surface area contributed by atoms with Crippen LogP contribution >= 0.6 is 46.6 Å². The van der Waals surface area contributed by atoms with E-state index >= 15 is 4.79 Å². The largest absolute Gasteiger partial charge is 0.744 e. The van der Waals surface area contributed by atoms with E-state index in [1.54, 1.807) is 49.9 Å². The number of thioether (sulfide) groups is 3. The van der Waals surface area contributed by atoms with E-state index in [1.165, 1.54) is 92.6 Å². The molecular weight excluding hydrogens is 899 g/mol. The fourth-order valence-electron chi connectivity index (χ4n) is 9.71. The maximum absolute atomic E-state index is 15.1. The Bertz CT molecular complexity index is 2480. The molecule has 344 valence electrons. The van der Waals surface area contributed by atoms with Gasteiger partial charge in [0.2, 0.25) is 11.4 Å². The van der Waals surface area contributed by atoms with Gasteiger partial charge in [-0.25, -0.2) is 8.42 Å². The minimum absolute atomic E-state index is 0.0679. The molecule has 64 heavy (non-hydrogen) atoms. The van der Waals surface area contributed by atoms with E-state index in [1.807, 2.05) is 30.0 Å². The molecule has 1 unspecified atom stereocenters. The van der Waals surface area contributed by atoms with Gasteiger partial charge in [-0.2, -0.15) is 4.57 Å². The zero-order chi connectivity index (χ0) is 45.5. The second-order valence-electron chi connectivity index (χ2n) is 17.0. The maximum Gasteiger partial charge on any atom is 0.263 e. The highest BCUT2D eigenvalue weighted by atomic mass is 32.2. The quantitative estimate of drug-likeness (QED) is 0.0775. The molecule has 1 amide bonds. The number of ether oxygens (including phenoxy) is 2. The molecule has 0 spiro atoms. The normalized spacial score (nSPS) is 19.7. The number of methoxy groups -OCH3 is 2. The molecule has 2 heterocycles. The summed E-state index contributed by atoms with van der Waals surface area (Å²) in [6, 6.07) is 15.5. The average Bonchev–Trinajstić information content (AvgIpc) is 3.83. The minimum Gasteiger partial charge on any atom is -0.744 e. The molecule has 0 saturated heterocycles. The number of hydrogen-bond acceptors (Lipinski definition) is 11. The number of carbonyl (C=O) groups excluding carboxylic acids is 1. The van der Waals surface area contributed by atoms with Crippen LogP contribution in [0.25, 0.3) is 16.3 Å². The van der Waals surface area contributed by atoms with E-state index in [9.17, 15) is 13.0 Å². The van der Waals surface area contributed by atoms with Crippen LogP contribution in [0.1, 0.15) is 101 Å². The second kappa shape index (κ2) is 21.9. The lowest BCUT2D eigenvalue weighted by Crippen LogP contribution is -2.51. The van der Waals surface area contributed by atoms with Gasteiger partial charge in [-0.05, 0) is 113 Å². The van der Waals surface area contributed by atoms with Gasteiger partial charge in [-0.3, -0.25) is 4.79 Å². The highest BCUT2D eigenvalue weighted by molar-refractivity contribution is 8.03. The Hall–Kier alpha value is -3.40. The number of benzene rings is 3. The zero-order valence-corrected chi connectivity index (χ0v) is 42.4. The van der Waals surface area contributed by atoms with Crippen molar-refractivity contribution in [3.63, 3.8) is 0 Å². The molecule has 8 rings (SSSR count). The lowest BCUT2D eigenvalue weighted by molar-refractivity contribution is -0.665. The van der Waals surface area contributed by atoms with Crippen LogP contribution in [0.2, 0.25) is 0 Å². The fraction of sp³-hybridized carbons (Fsp3) is 0.480. The molecule has 2 saturated carbocycles. The van der Waals surface area contributed by atoms with Crippen LogP contribution in [0.15, 0.2) is 96.4 Å². The van der Waals surface area contributed by atoms with Crippen molar-refractivity contribution in [1.82, 2.24) is 4.90 Å². The smallest absolute Gasteiger partial charge is 0.263 e. The number of aromatic nitrogens is 1. The zero-order valence-electron chi connectivity index (χ0n) is 38.3. The summed E-state index contributed by atoms with van der Waals surface area (Å²) in [6.07, 6.45) is 25.1. The summed E-state index contributed by atoms with van der Waals surface area (Å²) < 4.78 is 46.4. The standard InChI is InChI=1S/C43H56N3O3S4.C7H8O3S/c1-7-44-33-24-35(48-3)39(50-5)26-37(33)52-41(44)22-28-19-29(23-42-45(8-2)34-25-36(49-4)40(51-6)27-38(34)53-42)21-30(20-28)43(47)46(31-15-11-9-12-16-31)32-17-13-10-14-18-32;1-6-2-4-7(5-3-6)11(8,9)10/h19,22-27,30-32H,7-18,20-21H2,1-6H3;2-5H,1H3,(H,8,9,10)/q+1;/p-1. The van der Waals surface area contributed by atoms with Gasteiger partial charge in [0, 0.05) is 41.6 Å². The number of thiazole rings is 1. The van der Waals surface area contributed by atoms with Gasteiger partial charge in [0.15, 0.2) is 0 Å². The second-order valence-corrected chi connectivity index (χ2v) is 22.2. The molecule has 1 aliphatic heterocycles. The highest BCUT2D eigenvalue weighted by Gasteiger charge is 2.38. The summed E-state index contributed by atoms with van der Waals surface area (Å²) in [4.78, 5) is 23.4. The van der Waals surface area contributed by atoms with Crippen molar-refractivity contribution < 1.29 is 31.8 Å². The Morgan fingerprint density at radius 1 is 0.875 bits per heavy atom. The number of nitrogens with zero attached hydrogens (tertiary/aromatic N) is 3. The SMILES string of the molecule is CCN1/C(=C/C2=CC(=C/c3sc4cc(SC)c(OC)cc4[n+]3CC)/CC(C(=O)N(C3CCCCC3)C3CCCCC3)C2)Sc2cc(SC)c(OC)cc21.Cc1ccc(S(=O)(=O)[O-])cc1. The monoisotopic (exact) mass is 961 g/mol. The van der Waals surface area contributed by atoms with Crippen molar-refractivity contribution >= 4 is 84.6 Å². The fourth-order valence-corrected chi connectivity index (χ4v) is 13.9. The van der Waals surface area contributed by atoms with Gasteiger partial charge < -0.3 is 23.8 Å². The van der Waals surface area contributed by atoms with E-state index in [-0.39, 0.29) is 10.8 Å². The number of carbonyl (C=O) groups is 1. The third-order valence-corrected chi connectivity index (χ3v) is 17.5. The van der Waals surface area contributed by atoms with E-state index in [0.717, 1.165) is 78.5 Å². The topological polar surface area (TPSA) is 103 Å². The Morgan fingerprint density at radius 3 is 2.05 bits per heavy atom. The number of hydrogen-bond donors (Lipinski definition) is 0. The Morgan fingerprint density at radius 2 is 1.48 bits per heavy atom. The minimum atomic E-state index is -4.27. The summed E-state index contributed by atoms with van der Waals surface area (Å²) in [5.41, 5.74) is 5.82. The van der Waals surface area contributed by atoms with Gasteiger partial charge in [-0.1, -0.05) is 85.4 Å². The molecule has 1 aromatic heterocycles. The summed E-state index contributed by atoms with van der Waals surface area (Å²) in [7, 11) is -0.751. The number of fused-ring (bicyclic) bond motifs is 2. The molecule has 1 atom stereocenters. The predicted molar refractivity (Wildman–Crippen MR) is 266 cm³/mol. The lowest BCUT2D eigenvalue weighted by atomic mass is 9.82. The van der Waals surface area contributed by atoms with Crippen molar-refractivity contribution in [2.75, 3.05) is 38.2 Å². The van der Waals surface area contributed by atoms with Gasteiger partial charge in [0.05, 0.1) is 45.7 Å². The molecule has 14 heteroatoms. The lowest BCUT2D eigenvalue weighted by Gasteiger charge is -2.44. The van der Waals surface area contributed by atoms with Crippen LogP contribution in [0.5, 0.6) is 11.5 Å². The Balaban J connectivity index is 0.000000487. The Kier molecular flexibility index (Phi) is 16.6. The van der Waals surface area contributed by atoms with Gasteiger partial charge in [-0.15, -0.1) is 23.5 Å². The molecule has 0 bridgehead atoms. The number of allylic oxidation sites excluding steroid dienone is 4. The number of anilines is 1. The number of amides is 1. The van der Waals surface area contributed by atoms with E-state index in [2.05, 4.69) is 83.2 Å². The molecule has 0 radical (unpaired) electrons. The number of aryl methyl sites for hydroxylation is 2. The van der Waals surface area contributed by atoms with Gasteiger partial charge >= 0.3 is 0 Å². The maximum atomic E-state index is 15.1. The first-order valence-corrected chi connectivity index (χ1v) is 28.2. The van der Waals surface area contributed by atoms with Crippen LogP contribution in [0.4, 0.5) is 5.69 Å². The summed E-state index contributed by atoms with van der Waals surface area (Å²) in [5, 5.41) is 2.44. The molecule has 4 aliphatic rings. The summed E-state index contributed by atoms with van der Waals surface area (Å²) in [6.45, 7) is 7.99. The summed E-state index contributed by atoms with van der Waals surface area (Å²) >= 11 is 7.13. The molecule has 3 aliphatic carbocycles. The van der Waals surface area contributed by atoms with E-state index < -0.39 is 10.1 Å². The van der Waals surface area contributed by atoms with Crippen LogP contribution in [-0.2, 0) is 21.5 Å². The van der Waals surface area contributed by atoms with Crippen molar-refractivity contribution in [1.29, 1.82) is 0 Å². The van der Waals surface area contributed by atoms with E-state index in [0.29, 0.717) is 18.0 Å². The van der Waals surface area contributed by atoms with Crippen molar-refractivity contribution in [2.45, 2.75) is 136 Å². The first kappa shape index (κ1) is 48.5. The molecule has 2 fully saturated rings. The van der Waals surface area contributed by atoms with E-state index in [4.69, 9.17) is 9.47 Å². The molecule has 3 aromatic carbocycles. The molecular formula is C50H63N3O6S5. The third-order valence-electron chi connectivity index (χ3n) is 12.9. The van der Waals surface area contributed by atoms with Crippen molar-refractivity contribution in [3.8, 4) is 11.5 Å². The molecule has 4 aromatic rings. The highest BCUT2D eigenvalue weighted by Crippen LogP contribution is 2.51. The molecule has 0 N–H and O–H groups in total. The molecule has 9 nitrogen and oxygen atoms in total. The third kappa shape index (κ3) is 11.1. The average molecular weight is 962 g/mol.